The van der Waals surface area contributed by atoms with E-state index in [9.17, 15) is 9.18 Å². The molecule has 0 amide bonds. The van der Waals surface area contributed by atoms with Crippen LogP contribution < -0.4 is 5.73 Å². The molecule has 19 heavy (non-hydrogen) atoms. The summed E-state index contributed by atoms with van der Waals surface area (Å²) in [6.45, 7) is 7.13. The molecule has 0 saturated carbocycles. The first kappa shape index (κ1) is 15.8. The minimum atomic E-state index is -0.361. The van der Waals surface area contributed by atoms with E-state index in [0.717, 1.165) is 12.8 Å². The third kappa shape index (κ3) is 5.11. The lowest BCUT2D eigenvalue weighted by molar-refractivity contribution is 0.0957. The molecule has 0 spiro atoms. The Hall–Kier alpha value is -1.22. The maximum Gasteiger partial charge on any atom is 0.162 e. The molecule has 106 valence electrons. The van der Waals surface area contributed by atoms with Crippen molar-refractivity contribution in [3.63, 3.8) is 0 Å². The molecule has 1 aromatic rings. The van der Waals surface area contributed by atoms with Crippen molar-refractivity contribution in [1.29, 1.82) is 0 Å². The quantitative estimate of drug-likeness (QED) is 0.795. The number of carbonyl (C=O) groups excluding carboxylic acids is 1. The van der Waals surface area contributed by atoms with E-state index in [0.29, 0.717) is 24.4 Å². The Morgan fingerprint density at radius 3 is 2.53 bits per heavy atom. The van der Waals surface area contributed by atoms with E-state index < -0.39 is 0 Å². The van der Waals surface area contributed by atoms with Crippen molar-refractivity contribution in [2.24, 2.45) is 17.1 Å². The number of nitrogens with two attached hydrogens (primary N) is 1. The van der Waals surface area contributed by atoms with Crippen LogP contribution in [0.15, 0.2) is 24.3 Å². The lowest BCUT2D eigenvalue weighted by Gasteiger charge is -2.30. The summed E-state index contributed by atoms with van der Waals surface area (Å²) in [6.07, 6.45) is 2.17. The van der Waals surface area contributed by atoms with Crippen LogP contribution in [-0.4, -0.2) is 12.3 Å². The summed E-state index contributed by atoms with van der Waals surface area (Å²) >= 11 is 0. The minimum absolute atomic E-state index is 0.00534. The highest BCUT2D eigenvalue weighted by molar-refractivity contribution is 5.95. The SMILES string of the molecule is CC(C)(C)C(CCN)CCC(=O)c1cccc(F)c1. The van der Waals surface area contributed by atoms with Gasteiger partial charge in [0, 0.05) is 12.0 Å². The third-order valence-electron chi connectivity index (χ3n) is 3.61. The predicted octanol–water partition coefficient (Wildman–Crippen LogP) is 3.80. The average molecular weight is 265 g/mol. The van der Waals surface area contributed by atoms with Crippen molar-refractivity contribution in [3.8, 4) is 0 Å². The van der Waals surface area contributed by atoms with Gasteiger partial charge in [0.15, 0.2) is 5.78 Å². The number of hydrogen-bond donors (Lipinski definition) is 1. The topological polar surface area (TPSA) is 43.1 Å². The van der Waals surface area contributed by atoms with Gasteiger partial charge in [0.2, 0.25) is 0 Å². The van der Waals surface area contributed by atoms with Gasteiger partial charge < -0.3 is 5.73 Å². The molecule has 3 heteroatoms. The molecule has 0 aliphatic heterocycles. The van der Waals surface area contributed by atoms with Crippen LogP contribution in [-0.2, 0) is 0 Å². The van der Waals surface area contributed by atoms with E-state index >= 15 is 0 Å². The van der Waals surface area contributed by atoms with Gasteiger partial charge in [-0.05, 0) is 42.9 Å². The van der Waals surface area contributed by atoms with Crippen LogP contribution in [0.2, 0.25) is 0 Å². The van der Waals surface area contributed by atoms with E-state index in [1.165, 1.54) is 12.1 Å². The number of carbonyl (C=O) groups is 1. The van der Waals surface area contributed by atoms with Crippen LogP contribution in [0, 0.1) is 17.2 Å². The molecule has 0 heterocycles. The Balaban J connectivity index is 2.62. The van der Waals surface area contributed by atoms with Crippen molar-refractivity contribution in [2.45, 2.75) is 40.0 Å². The summed E-state index contributed by atoms with van der Waals surface area (Å²) in [4.78, 5) is 12.0. The number of ketones is 1. The van der Waals surface area contributed by atoms with Gasteiger partial charge in [-0.25, -0.2) is 4.39 Å². The van der Waals surface area contributed by atoms with Crippen LogP contribution in [0.5, 0.6) is 0 Å². The van der Waals surface area contributed by atoms with E-state index in [-0.39, 0.29) is 17.0 Å². The Morgan fingerprint density at radius 1 is 1.32 bits per heavy atom. The Labute approximate surface area is 115 Å². The molecule has 1 aromatic carbocycles. The maximum atomic E-state index is 13.1. The van der Waals surface area contributed by atoms with Gasteiger partial charge in [-0.15, -0.1) is 0 Å². The van der Waals surface area contributed by atoms with Crippen LogP contribution in [0.25, 0.3) is 0 Å². The van der Waals surface area contributed by atoms with Gasteiger partial charge in [0.05, 0.1) is 0 Å². The van der Waals surface area contributed by atoms with Crippen LogP contribution in [0.1, 0.15) is 50.4 Å². The van der Waals surface area contributed by atoms with Gasteiger partial charge in [0.25, 0.3) is 0 Å². The van der Waals surface area contributed by atoms with Gasteiger partial charge in [-0.2, -0.15) is 0 Å². The number of hydrogen-bond acceptors (Lipinski definition) is 2. The highest BCUT2D eigenvalue weighted by Gasteiger charge is 2.24. The molecule has 0 radical (unpaired) electrons. The lowest BCUT2D eigenvalue weighted by Crippen LogP contribution is -2.24. The Morgan fingerprint density at radius 2 is 2.00 bits per heavy atom. The molecule has 0 fully saturated rings. The van der Waals surface area contributed by atoms with Gasteiger partial charge >= 0.3 is 0 Å². The molecule has 0 bridgehead atoms. The monoisotopic (exact) mass is 265 g/mol. The molecule has 1 rings (SSSR count). The number of halogens is 1. The first-order valence-electron chi connectivity index (χ1n) is 6.83. The van der Waals surface area contributed by atoms with Crippen molar-refractivity contribution in [1.82, 2.24) is 0 Å². The van der Waals surface area contributed by atoms with Crippen molar-refractivity contribution in [3.05, 3.63) is 35.6 Å². The molecular weight excluding hydrogens is 241 g/mol. The molecule has 0 saturated heterocycles. The largest absolute Gasteiger partial charge is 0.330 e. The van der Waals surface area contributed by atoms with Crippen molar-refractivity contribution in [2.75, 3.05) is 6.54 Å². The minimum Gasteiger partial charge on any atom is -0.330 e. The van der Waals surface area contributed by atoms with E-state index in [2.05, 4.69) is 20.8 Å². The fourth-order valence-corrected chi connectivity index (χ4v) is 2.32. The van der Waals surface area contributed by atoms with E-state index in [1.54, 1.807) is 12.1 Å². The van der Waals surface area contributed by atoms with Crippen LogP contribution in [0.3, 0.4) is 0 Å². The standard InChI is InChI=1S/C16H24FNO/c1-16(2,3)13(9-10-18)7-8-15(19)12-5-4-6-14(17)11-12/h4-6,11,13H,7-10,18H2,1-3H3. The zero-order valence-electron chi connectivity index (χ0n) is 12.1. The summed E-state index contributed by atoms with van der Waals surface area (Å²) in [5, 5.41) is 0. The fraction of sp³-hybridized carbons (Fsp3) is 0.562. The zero-order valence-corrected chi connectivity index (χ0v) is 12.1. The van der Waals surface area contributed by atoms with Crippen molar-refractivity contribution >= 4 is 5.78 Å². The summed E-state index contributed by atoms with van der Waals surface area (Å²) in [7, 11) is 0. The smallest absolute Gasteiger partial charge is 0.162 e. The predicted molar refractivity (Wildman–Crippen MR) is 76.6 cm³/mol. The second-order valence-electron chi connectivity index (χ2n) is 6.11. The molecule has 2 nitrogen and oxygen atoms in total. The normalized spacial score (nSPS) is 13.3. The second kappa shape index (κ2) is 6.80. The molecule has 1 atom stereocenters. The fourth-order valence-electron chi connectivity index (χ4n) is 2.32. The molecule has 0 aromatic heterocycles. The number of Topliss-reactive ketones (excluding diaryl/α,β-unsaturated/α-hetero) is 1. The number of benzene rings is 1. The van der Waals surface area contributed by atoms with Gasteiger partial charge in [-0.3, -0.25) is 4.79 Å². The molecule has 1 unspecified atom stereocenters. The molecule has 2 N–H and O–H groups in total. The second-order valence-corrected chi connectivity index (χ2v) is 6.11. The highest BCUT2D eigenvalue weighted by atomic mass is 19.1. The lowest BCUT2D eigenvalue weighted by atomic mass is 9.76. The summed E-state index contributed by atoms with van der Waals surface area (Å²) < 4.78 is 13.1. The zero-order chi connectivity index (χ0) is 14.5. The molecular formula is C16H24FNO. The Kier molecular flexibility index (Phi) is 5.67. The number of rotatable bonds is 6. The Bertz CT molecular complexity index is 423. The van der Waals surface area contributed by atoms with E-state index in [4.69, 9.17) is 5.73 Å². The summed E-state index contributed by atoms with van der Waals surface area (Å²) in [6, 6.07) is 5.89. The average Bonchev–Trinajstić information content (AvgIpc) is 2.32. The summed E-state index contributed by atoms with van der Waals surface area (Å²) in [5.74, 6) is 0.0564. The molecule has 0 aliphatic carbocycles. The van der Waals surface area contributed by atoms with Crippen LogP contribution >= 0.6 is 0 Å². The van der Waals surface area contributed by atoms with Gasteiger partial charge in [0.1, 0.15) is 5.82 Å². The summed E-state index contributed by atoms with van der Waals surface area (Å²) in [5.41, 5.74) is 6.23. The van der Waals surface area contributed by atoms with Crippen molar-refractivity contribution < 1.29 is 9.18 Å². The van der Waals surface area contributed by atoms with E-state index in [1.807, 2.05) is 0 Å². The maximum absolute atomic E-state index is 13.1. The first-order chi connectivity index (χ1) is 8.84. The van der Waals surface area contributed by atoms with Gasteiger partial charge in [-0.1, -0.05) is 32.9 Å². The first-order valence-corrected chi connectivity index (χ1v) is 6.83. The molecule has 0 aliphatic rings. The van der Waals surface area contributed by atoms with Crippen LogP contribution in [0.4, 0.5) is 4.39 Å². The highest BCUT2D eigenvalue weighted by Crippen LogP contribution is 2.32. The third-order valence-corrected chi connectivity index (χ3v) is 3.61.